The van der Waals surface area contributed by atoms with E-state index >= 15 is 0 Å². The van der Waals surface area contributed by atoms with Crippen LogP contribution < -0.4 is 0 Å². The topological polar surface area (TPSA) is 52.1 Å². The number of hydrogen-bond donors (Lipinski definition) is 0. The first-order valence-corrected chi connectivity index (χ1v) is 7.42. The highest BCUT2D eigenvalue weighted by molar-refractivity contribution is 6.02. The monoisotopic (exact) mass is 304 g/mol. The molecule has 0 N–H and O–H groups in total. The zero-order valence-electron chi connectivity index (χ0n) is 12.8. The lowest BCUT2D eigenvalue weighted by atomic mass is 9.92. The van der Waals surface area contributed by atoms with E-state index in [0.717, 1.165) is 22.3 Å². The molecule has 2 heterocycles. The third kappa shape index (κ3) is 3.11. The van der Waals surface area contributed by atoms with Gasteiger partial charge in [-0.3, -0.25) is 9.97 Å². The molecule has 0 atom stereocenters. The Morgan fingerprint density at radius 3 is 2.26 bits per heavy atom. The standard InChI is InChI=1S/C19H16N2O2/c1-2-23-19(22)17-9-3-8-16(14-6-4-10-20-12-14)18(17)15-7-5-11-21-13-15/h3-13H,2H2,1H3. The van der Waals surface area contributed by atoms with Gasteiger partial charge in [-0.25, -0.2) is 4.79 Å². The van der Waals surface area contributed by atoms with Crippen LogP contribution >= 0.6 is 0 Å². The van der Waals surface area contributed by atoms with Crippen molar-refractivity contribution < 1.29 is 9.53 Å². The number of carbonyl (C=O) groups is 1. The van der Waals surface area contributed by atoms with Crippen molar-refractivity contribution in [2.24, 2.45) is 0 Å². The number of pyridine rings is 2. The van der Waals surface area contributed by atoms with E-state index in [-0.39, 0.29) is 5.97 Å². The summed E-state index contributed by atoms with van der Waals surface area (Å²) in [6, 6.07) is 13.2. The van der Waals surface area contributed by atoms with Gasteiger partial charge in [-0.15, -0.1) is 0 Å². The van der Waals surface area contributed by atoms with Crippen LogP contribution in [0, 0.1) is 0 Å². The van der Waals surface area contributed by atoms with Crippen LogP contribution in [-0.2, 0) is 4.74 Å². The summed E-state index contributed by atoms with van der Waals surface area (Å²) in [7, 11) is 0. The minimum Gasteiger partial charge on any atom is -0.462 e. The number of ether oxygens (including phenoxy) is 1. The Bertz CT molecular complexity index is 802. The van der Waals surface area contributed by atoms with E-state index in [9.17, 15) is 4.79 Å². The molecule has 0 radical (unpaired) electrons. The van der Waals surface area contributed by atoms with Crippen LogP contribution in [0.25, 0.3) is 22.3 Å². The van der Waals surface area contributed by atoms with Crippen molar-refractivity contribution in [3.05, 3.63) is 72.8 Å². The van der Waals surface area contributed by atoms with Crippen molar-refractivity contribution in [1.82, 2.24) is 9.97 Å². The van der Waals surface area contributed by atoms with Crippen LogP contribution in [0.5, 0.6) is 0 Å². The van der Waals surface area contributed by atoms with Crippen LogP contribution in [0.1, 0.15) is 17.3 Å². The zero-order valence-corrected chi connectivity index (χ0v) is 12.8. The number of rotatable bonds is 4. The van der Waals surface area contributed by atoms with Crippen LogP contribution in [-0.4, -0.2) is 22.5 Å². The van der Waals surface area contributed by atoms with Crippen molar-refractivity contribution >= 4 is 5.97 Å². The molecule has 0 aliphatic rings. The van der Waals surface area contributed by atoms with Gasteiger partial charge >= 0.3 is 5.97 Å². The maximum atomic E-state index is 12.4. The zero-order chi connectivity index (χ0) is 16.1. The van der Waals surface area contributed by atoms with Gasteiger partial charge in [-0.1, -0.05) is 24.3 Å². The van der Waals surface area contributed by atoms with E-state index in [1.54, 1.807) is 37.8 Å². The van der Waals surface area contributed by atoms with Gasteiger partial charge in [0, 0.05) is 41.5 Å². The second-order valence-electron chi connectivity index (χ2n) is 4.93. The summed E-state index contributed by atoms with van der Waals surface area (Å²) in [5.41, 5.74) is 4.08. The Labute approximate surface area is 134 Å². The molecule has 2 aromatic heterocycles. The largest absolute Gasteiger partial charge is 0.462 e. The normalized spacial score (nSPS) is 10.3. The molecule has 0 spiro atoms. The highest BCUT2D eigenvalue weighted by Crippen LogP contribution is 2.34. The van der Waals surface area contributed by atoms with Crippen molar-refractivity contribution in [3.8, 4) is 22.3 Å². The molecule has 0 amide bonds. The van der Waals surface area contributed by atoms with Crippen LogP contribution in [0.3, 0.4) is 0 Å². The first kappa shape index (κ1) is 14.9. The van der Waals surface area contributed by atoms with Crippen LogP contribution in [0.2, 0.25) is 0 Å². The molecular formula is C19H16N2O2. The highest BCUT2D eigenvalue weighted by atomic mass is 16.5. The lowest BCUT2D eigenvalue weighted by molar-refractivity contribution is 0.0527. The first-order valence-electron chi connectivity index (χ1n) is 7.42. The molecule has 0 saturated heterocycles. The maximum absolute atomic E-state index is 12.4. The Morgan fingerprint density at radius 1 is 0.957 bits per heavy atom. The van der Waals surface area contributed by atoms with Crippen molar-refractivity contribution in [2.45, 2.75) is 6.92 Å². The maximum Gasteiger partial charge on any atom is 0.338 e. The first-order chi connectivity index (χ1) is 11.3. The summed E-state index contributed by atoms with van der Waals surface area (Å²) >= 11 is 0. The Kier molecular flexibility index (Phi) is 4.43. The van der Waals surface area contributed by atoms with Gasteiger partial charge in [-0.2, -0.15) is 0 Å². The lowest BCUT2D eigenvalue weighted by Crippen LogP contribution is -2.07. The number of hydrogen-bond acceptors (Lipinski definition) is 4. The average molecular weight is 304 g/mol. The molecule has 3 aromatic rings. The molecule has 0 fully saturated rings. The fourth-order valence-electron chi connectivity index (χ4n) is 2.52. The lowest BCUT2D eigenvalue weighted by Gasteiger charge is -2.14. The molecule has 0 saturated carbocycles. The van der Waals surface area contributed by atoms with E-state index < -0.39 is 0 Å². The fourth-order valence-corrected chi connectivity index (χ4v) is 2.52. The van der Waals surface area contributed by atoms with Gasteiger partial charge in [0.25, 0.3) is 0 Å². The highest BCUT2D eigenvalue weighted by Gasteiger charge is 2.18. The summed E-state index contributed by atoms with van der Waals surface area (Å²) in [6.07, 6.45) is 6.96. The Morgan fingerprint density at radius 2 is 1.65 bits per heavy atom. The molecular weight excluding hydrogens is 288 g/mol. The molecule has 0 unspecified atom stereocenters. The molecule has 0 aliphatic carbocycles. The SMILES string of the molecule is CCOC(=O)c1cccc(-c2cccnc2)c1-c1cccnc1. The second kappa shape index (κ2) is 6.83. The molecule has 114 valence electrons. The van der Waals surface area contributed by atoms with E-state index in [1.807, 2.05) is 36.4 Å². The predicted molar refractivity (Wildman–Crippen MR) is 88.9 cm³/mol. The van der Waals surface area contributed by atoms with Gasteiger partial charge in [0.2, 0.25) is 0 Å². The van der Waals surface area contributed by atoms with E-state index in [1.165, 1.54) is 0 Å². The summed E-state index contributed by atoms with van der Waals surface area (Å²) in [4.78, 5) is 20.7. The van der Waals surface area contributed by atoms with Gasteiger partial charge in [0.15, 0.2) is 0 Å². The summed E-state index contributed by atoms with van der Waals surface area (Å²) in [5.74, 6) is -0.336. The van der Waals surface area contributed by atoms with Gasteiger partial charge in [-0.05, 0) is 30.7 Å². The number of benzene rings is 1. The summed E-state index contributed by atoms with van der Waals surface area (Å²) in [6.45, 7) is 2.13. The minimum atomic E-state index is -0.336. The molecule has 3 rings (SSSR count). The predicted octanol–water partition coefficient (Wildman–Crippen LogP) is 3.99. The van der Waals surface area contributed by atoms with Crippen molar-refractivity contribution in [2.75, 3.05) is 6.61 Å². The number of aromatic nitrogens is 2. The smallest absolute Gasteiger partial charge is 0.338 e. The number of nitrogens with zero attached hydrogens (tertiary/aromatic N) is 2. The van der Waals surface area contributed by atoms with Crippen LogP contribution in [0.15, 0.2) is 67.3 Å². The van der Waals surface area contributed by atoms with Gasteiger partial charge < -0.3 is 4.74 Å². The number of carbonyl (C=O) groups excluding carboxylic acids is 1. The van der Waals surface area contributed by atoms with Crippen molar-refractivity contribution in [3.63, 3.8) is 0 Å². The van der Waals surface area contributed by atoms with E-state index in [0.29, 0.717) is 12.2 Å². The molecule has 4 heteroatoms. The average Bonchev–Trinajstić information content (AvgIpc) is 2.63. The Balaban J connectivity index is 2.25. The summed E-state index contributed by atoms with van der Waals surface area (Å²) in [5, 5.41) is 0. The van der Waals surface area contributed by atoms with Gasteiger partial charge in [0.1, 0.15) is 0 Å². The number of esters is 1. The second-order valence-corrected chi connectivity index (χ2v) is 4.93. The quantitative estimate of drug-likeness (QED) is 0.684. The Hall–Kier alpha value is -3.01. The van der Waals surface area contributed by atoms with Gasteiger partial charge in [0.05, 0.1) is 12.2 Å². The third-order valence-electron chi connectivity index (χ3n) is 3.48. The summed E-state index contributed by atoms with van der Waals surface area (Å²) < 4.78 is 5.21. The van der Waals surface area contributed by atoms with E-state index in [4.69, 9.17) is 4.74 Å². The van der Waals surface area contributed by atoms with Crippen LogP contribution in [0.4, 0.5) is 0 Å². The minimum absolute atomic E-state index is 0.336. The van der Waals surface area contributed by atoms with Crippen molar-refractivity contribution in [1.29, 1.82) is 0 Å². The molecule has 0 aliphatic heterocycles. The molecule has 0 bridgehead atoms. The third-order valence-corrected chi connectivity index (χ3v) is 3.48. The molecule has 1 aromatic carbocycles. The molecule has 23 heavy (non-hydrogen) atoms. The molecule has 4 nitrogen and oxygen atoms in total. The van der Waals surface area contributed by atoms with E-state index in [2.05, 4.69) is 9.97 Å². The fraction of sp³-hybridized carbons (Fsp3) is 0.105.